The van der Waals surface area contributed by atoms with Crippen molar-refractivity contribution in [3.05, 3.63) is 90.5 Å². The molecule has 0 heterocycles. The fourth-order valence-electron chi connectivity index (χ4n) is 3.70. The number of carbonyl (C=O) groups is 3. The first kappa shape index (κ1) is 29.5. The fourth-order valence-corrected chi connectivity index (χ4v) is 4.71. The van der Waals surface area contributed by atoms with Crippen LogP contribution in [-0.4, -0.2) is 45.3 Å². The van der Waals surface area contributed by atoms with E-state index in [9.17, 15) is 22.8 Å². The number of alkyl carbamates (subject to hydrolysis) is 1. The number of amides is 2. The van der Waals surface area contributed by atoms with E-state index in [2.05, 4.69) is 15.4 Å². The van der Waals surface area contributed by atoms with E-state index in [4.69, 9.17) is 4.74 Å². The van der Waals surface area contributed by atoms with Crippen LogP contribution in [0.1, 0.15) is 25.8 Å². The third-order valence-electron chi connectivity index (χ3n) is 5.72. The molecule has 3 aromatic carbocycles. The van der Waals surface area contributed by atoms with Gasteiger partial charge in [0.15, 0.2) is 5.78 Å². The van der Waals surface area contributed by atoms with Crippen LogP contribution in [-0.2, 0) is 31.0 Å². The van der Waals surface area contributed by atoms with E-state index >= 15 is 0 Å². The van der Waals surface area contributed by atoms with Gasteiger partial charge in [0.25, 0.3) is 0 Å². The van der Waals surface area contributed by atoms with Crippen LogP contribution in [0.15, 0.2) is 89.8 Å². The Balaban J connectivity index is 1.48. The molecular weight excluding hydrogens is 518 g/mol. The lowest BCUT2D eigenvalue weighted by atomic mass is 10.0. The fraction of sp³-hybridized carbons (Fsp3) is 0.276. The summed E-state index contributed by atoms with van der Waals surface area (Å²) in [5.74, 6) is -1.03. The molecule has 2 amide bonds. The number of nitrogens with one attached hydrogen (secondary N) is 3. The molecule has 0 spiro atoms. The summed E-state index contributed by atoms with van der Waals surface area (Å²) in [6, 6.07) is 24.0. The van der Waals surface area contributed by atoms with Gasteiger partial charge in [-0.1, -0.05) is 86.6 Å². The number of sulfonamides is 1. The molecule has 9 nitrogen and oxygen atoms in total. The van der Waals surface area contributed by atoms with E-state index in [1.54, 1.807) is 12.1 Å². The van der Waals surface area contributed by atoms with E-state index < -0.39 is 46.9 Å². The van der Waals surface area contributed by atoms with E-state index in [1.807, 2.05) is 74.5 Å². The van der Waals surface area contributed by atoms with Gasteiger partial charge < -0.3 is 15.4 Å². The predicted molar refractivity (Wildman–Crippen MR) is 148 cm³/mol. The van der Waals surface area contributed by atoms with Gasteiger partial charge in [0, 0.05) is 0 Å². The summed E-state index contributed by atoms with van der Waals surface area (Å²) in [5.41, 5.74) is 2.62. The maximum atomic E-state index is 12.7. The minimum Gasteiger partial charge on any atom is -0.445 e. The molecule has 3 N–H and O–H groups in total. The first-order valence-corrected chi connectivity index (χ1v) is 14.0. The van der Waals surface area contributed by atoms with Crippen molar-refractivity contribution >= 4 is 27.8 Å². The Morgan fingerprint density at radius 1 is 0.795 bits per heavy atom. The SMILES string of the molecule is CC(C)C[C@H](NC(=O)OCc1ccccc1)C(=O)NCC(=O)CNS(=O)(=O)c1ccc(-c2ccccc2)cc1. The summed E-state index contributed by atoms with van der Waals surface area (Å²) < 4.78 is 32.7. The van der Waals surface area contributed by atoms with E-state index in [1.165, 1.54) is 12.1 Å². The highest BCUT2D eigenvalue weighted by Crippen LogP contribution is 2.20. The van der Waals surface area contributed by atoms with E-state index in [-0.39, 0.29) is 17.4 Å². The van der Waals surface area contributed by atoms with Gasteiger partial charge in [-0.25, -0.2) is 17.9 Å². The molecule has 1 atom stereocenters. The molecule has 0 aliphatic carbocycles. The van der Waals surface area contributed by atoms with Crippen LogP contribution in [0.4, 0.5) is 4.79 Å². The van der Waals surface area contributed by atoms with Crippen LogP contribution in [0, 0.1) is 5.92 Å². The largest absolute Gasteiger partial charge is 0.445 e. The third-order valence-corrected chi connectivity index (χ3v) is 7.14. The highest BCUT2D eigenvalue weighted by atomic mass is 32.2. The molecule has 0 aromatic heterocycles. The Morgan fingerprint density at radius 3 is 2.00 bits per heavy atom. The van der Waals surface area contributed by atoms with Gasteiger partial charge in [-0.2, -0.15) is 0 Å². The van der Waals surface area contributed by atoms with Crippen LogP contribution < -0.4 is 15.4 Å². The summed E-state index contributed by atoms with van der Waals surface area (Å²) >= 11 is 0. The summed E-state index contributed by atoms with van der Waals surface area (Å²) in [5, 5.41) is 5.02. The summed E-state index contributed by atoms with van der Waals surface area (Å²) in [4.78, 5) is 37.3. The molecule has 3 rings (SSSR count). The number of ketones is 1. The van der Waals surface area contributed by atoms with Crippen LogP contribution in [0.25, 0.3) is 11.1 Å². The highest BCUT2D eigenvalue weighted by molar-refractivity contribution is 7.89. The maximum Gasteiger partial charge on any atom is 0.408 e. The number of benzene rings is 3. The second-order valence-electron chi connectivity index (χ2n) is 9.36. The van der Waals surface area contributed by atoms with Crippen molar-refractivity contribution in [1.82, 2.24) is 15.4 Å². The molecule has 0 aliphatic rings. The molecule has 3 aromatic rings. The Morgan fingerprint density at radius 2 is 1.38 bits per heavy atom. The number of hydrogen-bond acceptors (Lipinski definition) is 6. The Kier molecular flexibility index (Phi) is 10.8. The molecular formula is C29H33N3O6S. The molecule has 0 saturated heterocycles. The first-order chi connectivity index (χ1) is 18.6. The van der Waals surface area contributed by atoms with Crippen molar-refractivity contribution in [2.45, 2.75) is 37.8 Å². The Hall–Kier alpha value is -4.02. The maximum absolute atomic E-state index is 12.7. The van der Waals surface area contributed by atoms with Crippen molar-refractivity contribution in [1.29, 1.82) is 0 Å². The molecule has 206 valence electrons. The van der Waals surface area contributed by atoms with Crippen molar-refractivity contribution < 1.29 is 27.5 Å². The average molecular weight is 552 g/mol. The zero-order valence-corrected chi connectivity index (χ0v) is 22.7. The topological polar surface area (TPSA) is 131 Å². The minimum absolute atomic E-state index is 0.0224. The van der Waals surface area contributed by atoms with Gasteiger partial charge >= 0.3 is 6.09 Å². The Labute approximate surface area is 229 Å². The lowest BCUT2D eigenvalue weighted by molar-refractivity contribution is -0.126. The van der Waals surface area contributed by atoms with Crippen LogP contribution in [0.2, 0.25) is 0 Å². The van der Waals surface area contributed by atoms with Crippen LogP contribution in [0.5, 0.6) is 0 Å². The molecule has 0 unspecified atom stereocenters. The average Bonchev–Trinajstić information content (AvgIpc) is 2.94. The Bertz CT molecular complexity index is 1340. The lowest BCUT2D eigenvalue weighted by Crippen LogP contribution is -2.49. The van der Waals surface area contributed by atoms with Crippen molar-refractivity contribution in [2.75, 3.05) is 13.1 Å². The molecule has 0 saturated carbocycles. The van der Waals surface area contributed by atoms with Gasteiger partial charge in [0.05, 0.1) is 18.0 Å². The standard InChI is InChI=1S/C29H33N3O6S/c1-21(2)17-27(32-29(35)38-20-22-9-5-3-6-10-22)28(34)30-18-25(33)19-31-39(36,37)26-15-13-24(14-16-26)23-11-7-4-8-12-23/h3-16,21,27,31H,17-20H2,1-2H3,(H,30,34)(H,32,35)/t27-/m0/s1. The zero-order chi connectivity index (χ0) is 28.3. The van der Waals surface area contributed by atoms with Crippen molar-refractivity contribution in [3.63, 3.8) is 0 Å². The second kappa shape index (κ2) is 14.2. The van der Waals surface area contributed by atoms with Gasteiger partial charge in [-0.05, 0) is 41.2 Å². The third kappa shape index (κ3) is 9.66. The number of rotatable bonds is 13. The van der Waals surface area contributed by atoms with Crippen molar-refractivity contribution in [2.24, 2.45) is 5.92 Å². The lowest BCUT2D eigenvalue weighted by Gasteiger charge is -2.20. The smallest absolute Gasteiger partial charge is 0.408 e. The molecule has 0 bridgehead atoms. The number of carbonyl (C=O) groups excluding carboxylic acids is 3. The van der Waals surface area contributed by atoms with E-state index in [0.29, 0.717) is 6.42 Å². The molecule has 0 aliphatic heterocycles. The van der Waals surface area contributed by atoms with Gasteiger partial charge in [0.2, 0.25) is 15.9 Å². The zero-order valence-electron chi connectivity index (χ0n) is 21.9. The quantitative estimate of drug-likeness (QED) is 0.297. The highest BCUT2D eigenvalue weighted by Gasteiger charge is 2.23. The van der Waals surface area contributed by atoms with Crippen LogP contribution >= 0.6 is 0 Å². The van der Waals surface area contributed by atoms with Gasteiger partial charge in [-0.15, -0.1) is 0 Å². The van der Waals surface area contributed by atoms with Crippen molar-refractivity contribution in [3.8, 4) is 11.1 Å². The molecule has 0 fully saturated rings. The summed E-state index contributed by atoms with van der Waals surface area (Å²) in [7, 11) is -3.93. The van der Waals surface area contributed by atoms with Crippen LogP contribution in [0.3, 0.4) is 0 Å². The molecule has 39 heavy (non-hydrogen) atoms. The number of Topliss-reactive ketones (excluding diaryl/α,β-unsaturated/α-hetero) is 1. The monoisotopic (exact) mass is 551 g/mol. The predicted octanol–water partition coefficient (Wildman–Crippen LogP) is 3.66. The van der Waals surface area contributed by atoms with Gasteiger partial charge in [-0.3, -0.25) is 9.59 Å². The second-order valence-corrected chi connectivity index (χ2v) is 11.1. The van der Waals surface area contributed by atoms with Gasteiger partial charge in [0.1, 0.15) is 12.6 Å². The molecule has 10 heteroatoms. The normalized spacial score (nSPS) is 12.0. The first-order valence-electron chi connectivity index (χ1n) is 12.6. The summed E-state index contributed by atoms with van der Waals surface area (Å²) in [6.45, 7) is 2.94. The van der Waals surface area contributed by atoms with E-state index in [0.717, 1.165) is 16.7 Å². The summed E-state index contributed by atoms with van der Waals surface area (Å²) in [6.07, 6.45) is -0.427. The number of hydrogen-bond donors (Lipinski definition) is 3. The molecule has 0 radical (unpaired) electrons. The number of ether oxygens (including phenoxy) is 1. The minimum atomic E-state index is -3.93.